The Labute approximate surface area is 132 Å². The molecule has 116 valence electrons. The molecule has 1 aromatic carbocycles. The lowest BCUT2D eigenvalue weighted by Gasteiger charge is -2.27. The number of rotatable bonds is 5. The normalized spacial score (nSPS) is 17.5. The number of sulfonamides is 1. The van der Waals surface area contributed by atoms with Crippen molar-refractivity contribution in [2.24, 2.45) is 10.9 Å². The zero-order valence-corrected chi connectivity index (χ0v) is 13.8. The van der Waals surface area contributed by atoms with Crippen LogP contribution in [0.15, 0.2) is 38.8 Å². The molecule has 6 nitrogen and oxygen atoms in total. The van der Waals surface area contributed by atoms with Gasteiger partial charge in [0.15, 0.2) is 5.84 Å². The average Bonchev–Trinajstić information content (AvgIpc) is 2.98. The van der Waals surface area contributed by atoms with Crippen LogP contribution in [-0.2, 0) is 10.0 Å². The molecular formula is C13H18BrN3O3S. The second-order valence-electron chi connectivity index (χ2n) is 5.04. The summed E-state index contributed by atoms with van der Waals surface area (Å²) in [5, 5.41) is 11.6. The van der Waals surface area contributed by atoms with Gasteiger partial charge in [0.2, 0.25) is 10.0 Å². The molecule has 0 atom stereocenters. The van der Waals surface area contributed by atoms with E-state index < -0.39 is 10.0 Å². The van der Waals surface area contributed by atoms with E-state index in [1.807, 2.05) is 0 Å². The lowest BCUT2D eigenvalue weighted by molar-refractivity contribution is 0.308. The van der Waals surface area contributed by atoms with E-state index in [2.05, 4.69) is 21.1 Å². The first-order chi connectivity index (χ1) is 9.95. The molecule has 1 aliphatic carbocycles. The molecule has 0 amide bonds. The van der Waals surface area contributed by atoms with Crippen LogP contribution in [0.4, 0.5) is 0 Å². The van der Waals surface area contributed by atoms with Crippen molar-refractivity contribution in [3.8, 4) is 0 Å². The average molecular weight is 376 g/mol. The summed E-state index contributed by atoms with van der Waals surface area (Å²) in [6.45, 7) is -0.101. The fourth-order valence-corrected chi connectivity index (χ4v) is 4.81. The Kier molecular flexibility index (Phi) is 5.23. The van der Waals surface area contributed by atoms with Crippen LogP contribution in [-0.4, -0.2) is 36.4 Å². The summed E-state index contributed by atoms with van der Waals surface area (Å²) >= 11 is 3.28. The van der Waals surface area contributed by atoms with Gasteiger partial charge in [0.25, 0.3) is 0 Å². The fraction of sp³-hybridized carbons (Fsp3) is 0.462. The van der Waals surface area contributed by atoms with Crippen molar-refractivity contribution in [3.63, 3.8) is 0 Å². The number of nitrogens with zero attached hydrogens (tertiary/aromatic N) is 2. The van der Waals surface area contributed by atoms with Crippen molar-refractivity contribution in [1.82, 2.24) is 4.31 Å². The molecule has 0 aliphatic heterocycles. The highest BCUT2D eigenvalue weighted by Gasteiger charge is 2.34. The second-order valence-corrected chi connectivity index (χ2v) is 7.84. The lowest BCUT2D eigenvalue weighted by Crippen LogP contribution is -2.44. The Morgan fingerprint density at radius 1 is 1.43 bits per heavy atom. The number of amidine groups is 1. The number of hydrogen-bond acceptors (Lipinski definition) is 4. The standard InChI is InChI=1S/C13H18BrN3O3S/c14-10-4-3-7-12(8-10)21(19,20)17(9-13(15)16-18)11-5-1-2-6-11/h3-4,7-8,11,18H,1-2,5-6,9H2,(H2,15,16). The highest BCUT2D eigenvalue weighted by Crippen LogP contribution is 2.29. The van der Waals surface area contributed by atoms with Gasteiger partial charge < -0.3 is 10.9 Å². The summed E-state index contributed by atoms with van der Waals surface area (Å²) in [7, 11) is -3.68. The summed E-state index contributed by atoms with van der Waals surface area (Å²) in [4.78, 5) is 0.203. The molecule has 2 rings (SSSR count). The predicted octanol–water partition coefficient (Wildman–Crippen LogP) is 2.13. The van der Waals surface area contributed by atoms with Gasteiger partial charge in [0.05, 0.1) is 11.4 Å². The number of hydrogen-bond donors (Lipinski definition) is 2. The maximum absolute atomic E-state index is 12.8. The minimum Gasteiger partial charge on any atom is -0.409 e. The Balaban J connectivity index is 2.38. The molecule has 1 fully saturated rings. The molecule has 21 heavy (non-hydrogen) atoms. The van der Waals surface area contributed by atoms with Crippen LogP contribution in [0, 0.1) is 0 Å². The van der Waals surface area contributed by atoms with Gasteiger partial charge in [-0.2, -0.15) is 4.31 Å². The molecule has 3 N–H and O–H groups in total. The van der Waals surface area contributed by atoms with Crippen molar-refractivity contribution in [2.45, 2.75) is 36.6 Å². The Morgan fingerprint density at radius 3 is 2.67 bits per heavy atom. The van der Waals surface area contributed by atoms with E-state index in [0.717, 1.165) is 25.7 Å². The minimum atomic E-state index is -3.68. The first kappa shape index (κ1) is 16.3. The molecule has 0 spiro atoms. The third-order valence-electron chi connectivity index (χ3n) is 3.58. The number of halogens is 1. The Morgan fingerprint density at radius 2 is 2.10 bits per heavy atom. The van der Waals surface area contributed by atoms with Crippen molar-refractivity contribution >= 4 is 31.8 Å². The smallest absolute Gasteiger partial charge is 0.243 e. The molecule has 1 aromatic rings. The van der Waals surface area contributed by atoms with Gasteiger partial charge in [-0.05, 0) is 31.0 Å². The summed E-state index contributed by atoms with van der Waals surface area (Å²) < 4.78 is 27.7. The maximum atomic E-state index is 12.8. The van der Waals surface area contributed by atoms with Gasteiger partial charge >= 0.3 is 0 Å². The minimum absolute atomic E-state index is 0.101. The van der Waals surface area contributed by atoms with E-state index in [-0.39, 0.29) is 23.3 Å². The molecule has 8 heteroatoms. The van der Waals surface area contributed by atoms with Crippen LogP contribution in [0.2, 0.25) is 0 Å². The highest BCUT2D eigenvalue weighted by atomic mass is 79.9. The van der Waals surface area contributed by atoms with E-state index in [1.54, 1.807) is 24.3 Å². The first-order valence-electron chi connectivity index (χ1n) is 6.69. The maximum Gasteiger partial charge on any atom is 0.243 e. The molecule has 0 unspecified atom stereocenters. The number of nitrogens with two attached hydrogens (primary N) is 1. The van der Waals surface area contributed by atoms with Gasteiger partial charge in [0.1, 0.15) is 0 Å². The van der Waals surface area contributed by atoms with Gasteiger partial charge in [-0.25, -0.2) is 8.42 Å². The van der Waals surface area contributed by atoms with Crippen LogP contribution in [0.25, 0.3) is 0 Å². The number of benzene rings is 1. The first-order valence-corrected chi connectivity index (χ1v) is 8.92. The van der Waals surface area contributed by atoms with E-state index in [9.17, 15) is 8.42 Å². The molecule has 0 heterocycles. The third-order valence-corrected chi connectivity index (χ3v) is 5.97. The van der Waals surface area contributed by atoms with E-state index >= 15 is 0 Å². The van der Waals surface area contributed by atoms with Crippen LogP contribution in [0.3, 0.4) is 0 Å². The van der Waals surface area contributed by atoms with Crippen LogP contribution >= 0.6 is 15.9 Å². The fourth-order valence-electron chi connectivity index (χ4n) is 2.56. The van der Waals surface area contributed by atoms with Crippen molar-refractivity contribution < 1.29 is 13.6 Å². The quantitative estimate of drug-likeness (QED) is 0.356. The van der Waals surface area contributed by atoms with Gasteiger partial charge in [-0.3, -0.25) is 0 Å². The van der Waals surface area contributed by atoms with Crippen molar-refractivity contribution in [2.75, 3.05) is 6.54 Å². The molecule has 1 aliphatic rings. The highest BCUT2D eigenvalue weighted by molar-refractivity contribution is 9.10. The largest absolute Gasteiger partial charge is 0.409 e. The van der Waals surface area contributed by atoms with E-state index in [0.29, 0.717) is 4.47 Å². The second kappa shape index (κ2) is 6.76. The molecule has 0 radical (unpaired) electrons. The molecule has 0 saturated heterocycles. The SMILES string of the molecule is NC(CN(C1CCCC1)S(=O)(=O)c1cccc(Br)c1)=NO. The zero-order chi connectivity index (χ0) is 15.5. The summed E-state index contributed by atoms with van der Waals surface area (Å²) in [5.41, 5.74) is 5.53. The monoisotopic (exact) mass is 375 g/mol. The summed E-state index contributed by atoms with van der Waals surface area (Å²) in [6, 6.07) is 6.45. The molecule has 0 aromatic heterocycles. The van der Waals surface area contributed by atoms with Crippen molar-refractivity contribution in [1.29, 1.82) is 0 Å². The summed E-state index contributed by atoms with van der Waals surface area (Å²) in [6.07, 6.45) is 3.58. The molecule has 0 bridgehead atoms. The molecular weight excluding hydrogens is 358 g/mol. The van der Waals surface area contributed by atoms with Crippen molar-refractivity contribution in [3.05, 3.63) is 28.7 Å². The topological polar surface area (TPSA) is 96.0 Å². The predicted molar refractivity (Wildman–Crippen MR) is 83.7 cm³/mol. The lowest BCUT2D eigenvalue weighted by atomic mass is 10.2. The molecule has 1 saturated carbocycles. The Bertz CT molecular complexity index is 627. The van der Waals surface area contributed by atoms with Crippen LogP contribution < -0.4 is 5.73 Å². The van der Waals surface area contributed by atoms with Gasteiger partial charge in [0, 0.05) is 10.5 Å². The summed E-state index contributed by atoms with van der Waals surface area (Å²) in [5.74, 6) is -0.111. The third kappa shape index (κ3) is 3.75. The van der Waals surface area contributed by atoms with Gasteiger partial charge in [-0.15, -0.1) is 0 Å². The van der Waals surface area contributed by atoms with Gasteiger partial charge in [-0.1, -0.05) is 40.0 Å². The van der Waals surface area contributed by atoms with Crippen LogP contribution in [0.5, 0.6) is 0 Å². The Hall–Kier alpha value is -1.12. The van der Waals surface area contributed by atoms with E-state index in [4.69, 9.17) is 10.9 Å². The van der Waals surface area contributed by atoms with E-state index in [1.165, 1.54) is 4.31 Å². The van der Waals surface area contributed by atoms with Crippen LogP contribution in [0.1, 0.15) is 25.7 Å². The zero-order valence-electron chi connectivity index (χ0n) is 11.4. The number of oxime groups is 1.